The largest absolute Gasteiger partial charge is 0.396 e. The van der Waals surface area contributed by atoms with Crippen molar-refractivity contribution in [1.82, 2.24) is 9.55 Å². The van der Waals surface area contributed by atoms with E-state index in [4.69, 9.17) is 5.11 Å². The van der Waals surface area contributed by atoms with Crippen LogP contribution in [0.4, 0.5) is 0 Å². The van der Waals surface area contributed by atoms with Gasteiger partial charge in [-0.3, -0.25) is 0 Å². The lowest BCUT2D eigenvalue weighted by molar-refractivity contribution is 0.281. The standard InChI is InChI=1S/C11H13N2O/c14-9-2-1-7-13-8-5-10-4-3-6-12-11(10)13/h3-4,6,8,14H,1-2,7,9H2. The molecule has 2 aromatic heterocycles. The van der Waals surface area contributed by atoms with Crippen molar-refractivity contribution in [3.8, 4) is 0 Å². The minimum absolute atomic E-state index is 0.260. The number of rotatable bonds is 4. The van der Waals surface area contributed by atoms with Gasteiger partial charge in [0.25, 0.3) is 0 Å². The fraction of sp³-hybridized carbons (Fsp3) is 0.364. The molecule has 0 unspecified atom stereocenters. The van der Waals surface area contributed by atoms with Crippen LogP contribution in [0, 0.1) is 6.07 Å². The Labute approximate surface area is 83.0 Å². The lowest BCUT2D eigenvalue weighted by Gasteiger charge is -2.02. The fourth-order valence-electron chi connectivity index (χ4n) is 1.51. The molecule has 0 aliphatic rings. The molecule has 0 atom stereocenters. The van der Waals surface area contributed by atoms with Crippen molar-refractivity contribution in [1.29, 1.82) is 0 Å². The summed E-state index contributed by atoms with van der Waals surface area (Å²) in [5.41, 5.74) is 0.977. The summed E-state index contributed by atoms with van der Waals surface area (Å²) in [6.07, 6.45) is 5.53. The SMILES string of the molecule is OCCCCn1c[c]c2cccnc21. The molecule has 0 bridgehead atoms. The number of fused-ring (bicyclic) bond motifs is 1. The monoisotopic (exact) mass is 189 g/mol. The van der Waals surface area contributed by atoms with Gasteiger partial charge in [-0.1, -0.05) is 0 Å². The molecule has 3 heteroatoms. The van der Waals surface area contributed by atoms with Crippen LogP contribution in [0.25, 0.3) is 11.0 Å². The smallest absolute Gasteiger partial charge is 0.140 e. The van der Waals surface area contributed by atoms with E-state index >= 15 is 0 Å². The number of pyridine rings is 1. The second kappa shape index (κ2) is 4.24. The lowest BCUT2D eigenvalue weighted by Crippen LogP contribution is -1.98. The maximum atomic E-state index is 8.68. The highest BCUT2D eigenvalue weighted by Gasteiger charge is 2.00. The summed E-state index contributed by atoms with van der Waals surface area (Å²) >= 11 is 0. The van der Waals surface area contributed by atoms with E-state index in [1.54, 1.807) is 6.20 Å². The van der Waals surface area contributed by atoms with Crippen LogP contribution in [0.15, 0.2) is 24.5 Å². The zero-order valence-corrected chi connectivity index (χ0v) is 7.98. The first-order valence-electron chi connectivity index (χ1n) is 4.84. The van der Waals surface area contributed by atoms with Crippen molar-refractivity contribution in [3.63, 3.8) is 0 Å². The Balaban J connectivity index is 2.17. The van der Waals surface area contributed by atoms with Gasteiger partial charge in [-0.15, -0.1) is 0 Å². The molecular formula is C11H13N2O. The Kier molecular flexibility index (Phi) is 2.79. The Hall–Kier alpha value is -1.35. The second-order valence-corrected chi connectivity index (χ2v) is 3.27. The van der Waals surface area contributed by atoms with Gasteiger partial charge in [0.05, 0.1) is 0 Å². The van der Waals surface area contributed by atoms with Gasteiger partial charge in [0.1, 0.15) is 5.65 Å². The average molecular weight is 189 g/mol. The van der Waals surface area contributed by atoms with E-state index in [0.717, 1.165) is 30.4 Å². The third-order valence-corrected chi connectivity index (χ3v) is 2.24. The average Bonchev–Trinajstić information content (AvgIpc) is 2.63. The molecule has 73 valence electrons. The fourth-order valence-corrected chi connectivity index (χ4v) is 1.51. The Morgan fingerprint density at radius 1 is 1.43 bits per heavy atom. The number of aromatic nitrogens is 2. The molecule has 0 saturated carbocycles. The van der Waals surface area contributed by atoms with E-state index in [1.807, 2.05) is 18.3 Å². The molecule has 0 aliphatic carbocycles. The number of unbranched alkanes of at least 4 members (excludes halogenated alkanes) is 1. The number of nitrogens with zero attached hydrogens (tertiary/aromatic N) is 2. The summed E-state index contributed by atoms with van der Waals surface area (Å²) < 4.78 is 2.07. The minimum atomic E-state index is 0.260. The summed E-state index contributed by atoms with van der Waals surface area (Å²) in [6, 6.07) is 7.07. The third kappa shape index (κ3) is 1.77. The third-order valence-electron chi connectivity index (χ3n) is 2.24. The molecular weight excluding hydrogens is 176 g/mol. The topological polar surface area (TPSA) is 38.0 Å². The van der Waals surface area contributed by atoms with Crippen LogP contribution in [0.2, 0.25) is 0 Å². The van der Waals surface area contributed by atoms with Crippen molar-refractivity contribution >= 4 is 11.0 Å². The van der Waals surface area contributed by atoms with Gasteiger partial charge in [-0.25, -0.2) is 4.98 Å². The minimum Gasteiger partial charge on any atom is -0.396 e. The van der Waals surface area contributed by atoms with Gasteiger partial charge < -0.3 is 9.67 Å². The highest BCUT2D eigenvalue weighted by Crippen LogP contribution is 2.12. The van der Waals surface area contributed by atoms with Crippen molar-refractivity contribution in [2.75, 3.05) is 6.61 Å². The molecule has 2 heterocycles. The lowest BCUT2D eigenvalue weighted by atomic mass is 10.3. The molecule has 0 fully saturated rings. The van der Waals surface area contributed by atoms with Crippen molar-refractivity contribution < 1.29 is 5.11 Å². The predicted octanol–water partition coefficient (Wildman–Crippen LogP) is 1.61. The number of aryl methyl sites for hydroxylation is 1. The number of hydrogen-bond donors (Lipinski definition) is 1. The highest BCUT2D eigenvalue weighted by molar-refractivity contribution is 5.74. The molecule has 1 N–H and O–H groups in total. The van der Waals surface area contributed by atoms with E-state index in [2.05, 4.69) is 15.6 Å². The molecule has 0 saturated heterocycles. The van der Waals surface area contributed by atoms with E-state index in [1.165, 1.54) is 0 Å². The van der Waals surface area contributed by atoms with Crippen molar-refractivity contribution in [2.24, 2.45) is 0 Å². The molecule has 0 spiro atoms. The van der Waals surface area contributed by atoms with Gasteiger partial charge in [-0.05, 0) is 25.0 Å². The predicted molar refractivity (Wildman–Crippen MR) is 54.9 cm³/mol. The molecule has 2 aromatic rings. The Bertz CT molecular complexity index is 408. The number of hydrogen-bond acceptors (Lipinski definition) is 2. The van der Waals surface area contributed by atoms with Crippen LogP contribution < -0.4 is 0 Å². The molecule has 3 nitrogen and oxygen atoms in total. The molecule has 14 heavy (non-hydrogen) atoms. The maximum absolute atomic E-state index is 8.68. The summed E-state index contributed by atoms with van der Waals surface area (Å²) in [5.74, 6) is 0. The quantitative estimate of drug-likeness (QED) is 0.742. The second-order valence-electron chi connectivity index (χ2n) is 3.27. The number of aliphatic hydroxyl groups is 1. The van der Waals surface area contributed by atoms with E-state index in [9.17, 15) is 0 Å². The van der Waals surface area contributed by atoms with E-state index in [0.29, 0.717) is 0 Å². The zero-order chi connectivity index (χ0) is 9.80. The maximum Gasteiger partial charge on any atom is 0.140 e. The molecule has 2 rings (SSSR count). The first-order valence-corrected chi connectivity index (χ1v) is 4.84. The van der Waals surface area contributed by atoms with Crippen LogP contribution in [0.3, 0.4) is 0 Å². The van der Waals surface area contributed by atoms with Crippen molar-refractivity contribution in [2.45, 2.75) is 19.4 Å². The van der Waals surface area contributed by atoms with Crippen LogP contribution in [0.1, 0.15) is 12.8 Å². The zero-order valence-electron chi connectivity index (χ0n) is 7.98. The first-order chi connectivity index (χ1) is 6.92. The molecule has 0 aliphatic heterocycles. The molecule has 0 amide bonds. The van der Waals surface area contributed by atoms with Crippen LogP contribution in [0.5, 0.6) is 0 Å². The molecule has 1 radical (unpaired) electrons. The summed E-state index contributed by atoms with van der Waals surface area (Å²) in [5, 5.41) is 9.73. The van der Waals surface area contributed by atoms with Gasteiger partial charge >= 0.3 is 0 Å². The van der Waals surface area contributed by atoms with Crippen molar-refractivity contribution in [3.05, 3.63) is 30.6 Å². The van der Waals surface area contributed by atoms with Crippen LogP contribution >= 0.6 is 0 Å². The van der Waals surface area contributed by atoms with E-state index in [-0.39, 0.29) is 6.61 Å². The summed E-state index contributed by atoms with van der Waals surface area (Å²) in [6.45, 7) is 1.16. The van der Waals surface area contributed by atoms with Gasteiger partial charge in [0, 0.05) is 37.0 Å². The normalized spacial score (nSPS) is 10.9. The summed E-state index contributed by atoms with van der Waals surface area (Å²) in [4.78, 5) is 4.29. The number of aliphatic hydroxyl groups excluding tert-OH is 1. The van der Waals surface area contributed by atoms with Gasteiger partial charge in [0.2, 0.25) is 0 Å². The van der Waals surface area contributed by atoms with Crippen LogP contribution in [-0.2, 0) is 6.54 Å². The highest BCUT2D eigenvalue weighted by atomic mass is 16.2. The Morgan fingerprint density at radius 3 is 3.21 bits per heavy atom. The van der Waals surface area contributed by atoms with E-state index < -0.39 is 0 Å². The first kappa shape index (κ1) is 9.21. The van der Waals surface area contributed by atoms with Crippen LogP contribution in [-0.4, -0.2) is 21.3 Å². The molecule has 0 aromatic carbocycles. The van der Waals surface area contributed by atoms with Gasteiger partial charge in [0.15, 0.2) is 0 Å². The summed E-state index contributed by atoms with van der Waals surface area (Å²) in [7, 11) is 0. The van der Waals surface area contributed by atoms with Gasteiger partial charge in [-0.2, -0.15) is 0 Å². The Morgan fingerprint density at radius 2 is 2.36 bits per heavy atom.